The van der Waals surface area contributed by atoms with Gasteiger partial charge in [-0.1, -0.05) is 39.5 Å². The van der Waals surface area contributed by atoms with Gasteiger partial charge in [0.15, 0.2) is 0 Å². The Labute approximate surface area is 88.3 Å². The first kappa shape index (κ1) is 13.9. The lowest BCUT2D eigenvalue weighted by molar-refractivity contribution is 0.0895. The first-order valence-electron chi connectivity index (χ1n) is 5.97. The van der Waals surface area contributed by atoms with Gasteiger partial charge in [-0.3, -0.25) is 0 Å². The van der Waals surface area contributed by atoms with Crippen molar-refractivity contribution in [1.29, 1.82) is 0 Å². The molecule has 0 heterocycles. The zero-order valence-electron chi connectivity index (χ0n) is 9.87. The van der Waals surface area contributed by atoms with Crippen LogP contribution >= 0.6 is 0 Å². The van der Waals surface area contributed by atoms with Crippen molar-refractivity contribution in [3.05, 3.63) is 0 Å². The van der Waals surface area contributed by atoms with Gasteiger partial charge in [-0.25, -0.2) is 0 Å². The Morgan fingerprint density at radius 1 is 0.929 bits per heavy atom. The normalized spacial score (nSPS) is 15.9. The monoisotopic (exact) mass is 202 g/mol. The zero-order valence-corrected chi connectivity index (χ0v) is 9.87. The maximum Gasteiger partial charge on any atom is 0.0568 e. The van der Waals surface area contributed by atoms with Crippen molar-refractivity contribution in [3.63, 3.8) is 0 Å². The van der Waals surface area contributed by atoms with E-state index in [-0.39, 0.29) is 12.2 Å². The molecule has 0 spiro atoms. The van der Waals surface area contributed by atoms with Crippen LogP contribution in [-0.2, 0) is 0 Å². The quantitative estimate of drug-likeness (QED) is 0.594. The second-order valence-electron chi connectivity index (χ2n) is 4.28. The standard InChI is InChI=1S/C12H26O2/c1-4-11(5-2)12(14)9-7-6-8-10(3)13/h10-14H,4-9H2,1-3H3. The Morgan fingerprint density at radius 3 is 1.86 bits per heavy atom. The average molecular weight is 202 g/mol. The van der Waals surface area contributed by atoms with Crippen molar-refractivity contribution in [2.24, 2.45) is 5.92 Å². The molecule has 0 bridgehead atoms. The highest BCUT2D eigenvalue weighted by Gasteiger charge is 2.14. The smallest absolute Gasteiger partial charge is 0.0568 e. The van der Waals surface area contributed by atoms with E-state index in [0.717, 1.165) is 38.5 Å². The third kappa shape index (κ3) is 6.39. The van der Waals surface area contributed by atoms with Crippen LogP contribution in [0.25, 0.3) is 0 Å². The minimum Gasteiger partial charge on any atom is -0.393 e. The number of rotatable bonds is 8. The molecule has 0 aliphatic carbocycles. The van der Waals surface area contributed by atoms with E-state index in [9.17, 15) is 5.11 Å². The van der Waals surface area contributed by atoms with E-state index in [1.807, 2.05) is 6.92 Å². The minimum atomic E-state index is -0.194. The van der Waals surface area contributed by atoms with Crippen LogP contribution in [0.5, 0.6) is 0 Å². The Bertz CT molecular complexity index is 119. The van der Waals surface area contributed by atoms with E-state index in [1.165, 1.54) is 0 Å². The molecule has 0 aromatic rings. The highest BCUT2D eigenvalue weighted by Crippen LogP contribution is 2.18. The second-order valence-corrected chi connectivity index (χ2v) is 4.28. The Hall–Kier alpha value is -0.0800. The molecular formula is C12H26O2. The molecule has 14 heavy (non-hydrogen) atoms. The summed E-state index contributed by atoms with van der Waals surface area (Å²) in [5.74, 6) is 0.460. The number of hydrogen-bond acceptors (Lipinski definition) is 2. The molecule has 0 radical (unpaired) electrons. The fourth-order valence-corrected chi connectivity index (χ4v) is 1.86. The largest absolute Gasteiger partial charge is 0.393 e. The van der Waals surface area contributed by atoms with Crippen LogP contribution in [0.2, 0.25) is 0 Å². The summed E-state index contributed by atoms with van der Waals surface area (Å²) < 4.78 is 0. The fourth-order valence-electron chi connectivity index (χ4n) is 1.86. The van der Waals surface area contributed by atoms with Crippen LogP contribution in [-0.4, -0.2) is 22.4 Å². The number of aliphatic hydroxyl groups excluding tert-OH is 2. The van der Waals surface area contributed by atoms with Crippen molar-refractivity contribution in [2.45, 2.75) is 71.5 Å². The van der Waals surface area contributed by atoms with E-state index in [1.54, 1.807) is 0 Å². The lowest BCUT2D eigenvalue weighted by Gasteiger charge is -2.19. The predicted molar refractivity (Wildman–Crippen MR) is 60.2 cm³/mol. The van der Waals surface area contributed by atoms with Gasteiger partial charge in [-0.2, -0.15) is 0 Å². The SMILES string of the molecule is CCC(CC)C(O)CCCCC(C)O. The van der Waals surface area contributed by atoms with Gasteiger partial charge in [0.1, 0.15) is 0 Å². The summed E-state index contributed by atoms with van der Waals surface area (Å²) in [5, 5.41) is 18.9. The lowest BCUT2D eigenvalue weighted by Crippen LogP contribution is -2.19. The van der Waals surface area contributed by atoms with Gasteiger partial charge in [0.25, 0.3) is 0 Å². The molecule has 0 aliphatic heterocycles. The van der Waals surface area contributed by atoms with Crippen LogP contribution in [0.1, 0.15) is 59.3 Å². The predicted octanol–water partition coefficient (Wildman–Crippen LogP) is 2.72. The number of aliphatic hydroxyl groups is 2. The summed E-state index contributed by atoms with van der Waals surface area (Å²) in [7, 11) is 0. The van der Waals surface area contributed by atoms with Crippen molar-refractivity contribution < 1.29 is 10.2 Å². The van der Waals surface area contributed by atoms with Gasteiger partial charge in [-0.05, 0) is 25.7 Å². The van der Waals surface area contributed by atoms with Gasteiger partial charge in [-0.15, -0.1) is 0 Å². The number of unbranched alkanes of at least 4 members (excludes halogenated alkanes) is 1. The summed E-state index contributed by atoms with van der Waals surface area (Å²) >= 11 is 0. The summed E-state index contributed by atoms with van der Waals surface area (Å²) in [6, 6.07) is 0. The van der Waals surface area contributed by atoms with Crippen LogP contribution in [0.4, 0.5) is 0 Å². The molecule has 2 N–H and O–H groups in total. The highest BCUT2D eigenvalue weighted by atomic mass is 16.3. The van der Waals surface area contributed by atoms with E-state index in [2.05, 4.69) is 13.8 Å². The summed E-state index contributed by atoms with van der Waals surface area (Å²) in [5.41, 5.74) is 0. The van der Waals surface area contributed by atoms with Gasteiger partial charge >= 0.3 is 0 Å². The molecule has 2 atom stereocenters. The average Bonchev–Trinajstić information content (AvgIpc) is 2.14. The van der Waals surface area contributed by atoms with E-state index in [0.29, 0.717) is 5.92 Å². The summed E-state index contributed by atoms with van der Waals surface area (Å²) in [6.45, 7) is 6.08. The van der Waals surface area contributed by atoms with Gasteiger partial charge in [0.2, 0.25) is 0 Å². The molecule has 0 aromatic heterocycles. The Balaban J connectivity index is 3.47. The summed E-state index contributed by atoms with van der Waals surface area (Å²) in [6.07, 6.45) is 5.59. The third-order valence-electron chi connectivity index (χ3n) is 2.96. The molecule has 2 heteroatoms. The van der Waals surface area contributed by atoms with Crippen LogP contribution in [0.15, 0.2) is 0 Å². The van der Waals surface area contributed by atoms with E-state index < -0.39 is 0 Å². The fraction of sp³-hybridized carbons (Fsp3) is 1.00. The van der Waals surface area contributed by atoms with Gasteiger partial charge < -0.3 is 10.2 Å². The maximum absolute atomic E-state index is 9.81. The topological polar surface area (TPSA) is 40.5 Å². The van der Waals surface area contributed by atoms with Crippen molar-refractivity contribution in [2.75, 3.05) is 0 Å². The van der Waals surface area contributed by atoms with E-state index >= 15 is 0 Å². The van der Waals surface area contributed by atoms with Crippen molar-refractivity contribution in [3.8, 4) is 0 Å². The molecule has 0 fully saturated rings. The molecule has 0 saturated heterocycles. The van der Waals surface area contributed by atoms with E-state index in [4.69, 9.17) is 5.11 Å². The molecule has 0 aromatic carbocycles. The van der Waals surface area contributed by atoms with Gasteiger partial charge in [0.05, 0.1) is 12.2 Å². The molecule has 0 rings (SSSR count). The van der Waals surface area contributed by atoms with Crippen molar-refractivity contribution in [1.82, 2.24) is 0 Å². The van der Waals surface area contributed by atoms with Crippen molar-refractivity contribution >= 4 is 0 Å². The Kier molecular flexibility index (Phi) is 8.20. The molecule has 0 saturated carbocycles. The molecular weight excluding hydrogens is 176 g/mol. The molecule has 0 aliphatic rings. The third-order valence-corrected chi connectivity index (χ3v) is 2.96. The summed E-state index contributed by atoms with van der Waals surface area (Å²) in [4.78, 5) is 0. The number of hydrogen-bond donors (Lipinski definition) is 2. The van der Waals surface area contributed by atoms with Crippen LogP contribution in [0, 0.1) is 5.92 Å². The molecule has 0 amide bonds. The minimum absolute atomic E-state index is 0.140. The van der Waals surface area contributed by atoms with Gasteiger partial charge in [0, 0.05) is 0 Å². The lowest BCUT2D eigenvalue weighted by atomic mass is 9.92. The molecule has 86 valence electrons. The second kappa shape index (κ2) is 8.25. The maximum atomic E-state index is 9.81. The first-order valence-corrected chi connectivity index (χ1v) is 5.97. The van der Waals surface area contributed by atoms with Crippen LogP contribution in [0.3, 0.4) is 0 Å². The molecule has 2 unspecified atom stereocenters. The zero-order chi connectivity index (χ0) is 11.0. The van der Waals surface area contributed by atoms with Crippen LogP contribution < -0.4 is 0 Å². The molecule has 2 nitrogen and oxygen atoms in total. The Morgan fingerprint density at radius 2 is 1.43 bits per heavy atom. The highest BCUT2D eigenvalue weighted by molar-refractivity contribution is 4.66. The first-order chi connectivity index (χ1) is 6.61.